The molecule has 1 aromatic carbocycles. The molecule has 0 spiro atoms. The van der Waals surface area contributed by atoms with Crippen LogP contribution in [0, 0.1) is 6.92 Å². The zero-order valence-electron chi connectivity index (χ0n) is 10.7. The molecule has 20 heavy (non-hydrogen) atoms. The summed E-state index contributed by atoms with van der Waals surface area (Å²) in [6.07, 6.45) is 0. The average Bonchev–Trinajstić information content (AvgIpc) is 2.78. The second-order valence-electron chi connectivity index (χ2n) is 4.12. The molecule has 0 bridgehead atoms. The van der Waals surface area contributed by atoms with E-state index in [-0.39, 0.29) is 11.6 Å². The molecule has 0 saturated carbocycles. The van der Waals surface area contributed by atoms with Crippen LogP contribution in [0.4, 0.5) is 0 Å². The van der Waals surface area contributed by atoms with Crippen molar-refractivity contribution in [3.8, 4) is 5.69 Å². The normalized spacial score (nSPS) is 10.3. The van der Waals surface area contributed by atoms with Crippen molar-refractivity contribution in [3.63, 3.8) is 0 Å². The van der Waals surface area contributed by atoms with Crippen LogP contribution in [0.5, 0.6) is 0 Å². The number of hydrogen-bond donors (Lipinski definition) is 1. The lowest BCUT2D eigenvalue weighted by Crippen LogP contribution is -2.25. The third-order valence-corrected chi connectivity index (χ3v) is 3.12. The fourth-order valence-corrected chi connectivity index (χ4v) is 1.98. The highest BCUT2D eigenvalue weighted by Gasteiger charge is 2.17. The highest BCUT2D eigenvalue weighted by molar-refractivity contribution is 9.11. The van der Waals surface area contributed by atoms with Gasteiger partial charge in [0.05, 0.1) is 11.4 Å². The summed E-state index contributed by atoms with van der Waals surface area (Å²) in [6.45, 7) is 5.76. The molecule has 0 aliphatic heterocycles. The van der Waals surface area contributed by atoms with Gasteiger partial charge in [0.2, 0.25) is 0 Å². The van der Waals surface area contributed by atoms with Crippen molar-refractivity contribution in [1.82, 2.24) is 20.3 Å². The topological polar surface area (TPSA) is 59.8 Å². The highest BCUT2D eigenvalue weighted by Crippen LogP contribution is 2.16. The van der Waals surface area contributed by atoms with E-state index in [4.69, 9.17) is 11.6 Å². The predicted octanol–water partition coefficient (Wildman–Crippen LogP) is 2.87. The minimum Gasteiger partial charge on any atom is -0.346 e. The Hall–Kier alpha value is -1.66. The van der Waals surface area contributed by atoms with Crippen molar-refractivity contribution in [2.45, 2.75) is 6.92 Å². The maximum atomic E-state index is 12.0. The van der Waals surface area contributed by atoms with Crippen molar-refractivity contribution in [2.75, 3.05) is 6.54 Å². The molecule has 1 amide bonds. The molecule has 0 fully saturated rings. The largest absolute Gasteiger partial charge is 0.346 e. The van der Waals surface area contributed by atoms with Gasteiger partial charge in [-0.25, -0.2) is 4.68 Å². The Kier molecular flexibility index (Phi) is 4.57. The molecular formula is C13H12BrClN4O. The third kappa shape index (κ3) is 3.26. The standard InChI is InChI=1S/C13H12BrClN4O/c1-8(14)7-16-13(20)12-9(2)19(18-17-12)11-5-3-4-10(15)6-11/h3-6H,1,7H2,2H3,(H,16,20). The monoisotopic (exact) mass is 354 g/mol. The summed E-state index contributed by atoms with van der Waals surface area (Å²) < 4.78 is 2.26. The number of rotatable bonds is 4. The number of halogens is 2. The van der Waals surface area contributed by atoms with Gasteiger partial charge in [0, 0.05) is 16.0 Å². The van der Waals surface area contributed by atoms with E-state index in [0.717, 1.165) is 5.69 Å². The molecule has 0 atom stereocenters. The molecule has 1 heterocycles. The van der Waals surface area contributed by atoms with Gasteiger partial charge >= 0.3 is 0 Å². The van der Waals surface area contributed by atoms with E-state index in [9.17, 15) is 4.79 Å². The number of amides is 1. The zero-order chi connectivity index (χ0) is 14.7. The number of nitrogens with one attached hydrogen (secondary N) is 1. The van der Waals surface area contributed by atoms with Gasteiger partial charge in [-0.3, -0.25) is 4.79 Å². The Labute approximate surface area is 129 Å². The molecular weight excluding hydrogens is 344 g/mol. The number of hydrogen-bond acceptors (Lipinski definition) is 3. The van der Waals surface area contributed by atoms with Gasteiger partial charge in [-0.15, -0.1) is 5.10 Å². The Morgan fingerprint density at radius 2 is 2.30 bits per heavy atom. The molecule has 0 saturated heterocycles. The summed E-state index contributed by atoms with van der Waals surface area (Å²) in [5, 5.41) is 11.2. The van der Waals surface area contributed by atoms with Crippen LogP contribution in [-0.2, 0) is 0 Å². The van der Waals surface area contributed by atoms with Crippen LogP contribution >= 0.6 is 27.5 Å². The minimum atomic E-state index is -0.295. The first kappa shape index (κ1) is 14.7. The Bertz CT molecular complexity index is 668. The van der Waals surface area contributed by atoms with Crippen molar-refractivity contribution < 1.29 is 4.79 Å². The van der Waals surface area contributed by atoms with Crippen LogP contribution < -0.4 is 5.32 Å². The molecule has 5 nitrogen and oxygen atoms in total. The lowest BCUT2D eigenvalue weighted by atomic mass is 10.3. The molecule has 0 aliphatic rings. The van der Waals surface area contributed by atoms with Gasteiger partial charge in [0.25, 0.3) is 5.91 Å². The van der Waals surface area contributed by atoms with Crippen LogP contribution in [-0.4, -0.2) is 27.4 Å². The van der Waals surface area contributed by atoms with E-state index >= 15 is 0 Å². The molecule has 104 valence electrons. The number of carbonyl (C=O) groups excluding carboxylic acids is 1. The molecule has 0 aliphatic carbocycles. The van der Waals surface area contributed by atoms with E-state index in [0.29, 0.717) is 21.7 Å². The van der Waals surface area contributed by atoms with Crippen molar-refractivity contribution in [1.29, 1.82) is 0 Å². The second-order valence-corrected chi connectivity index (χ2v) is 5.67. The molecule has 1 N–H and O–H groups in total. The SMILES string of the molecule is C=C(Br)CNC(=O)c1nnn(-c2cccc(Cl)c2)c1C. The van der Waals surface area contributed by atoms with Crippen LogP contribution in [0.2, 0.25) is 5.02 Å². The summed E-state index contributed by atoms with van der Waals surface area (Å²) in [7, 11) is 0. The smallest absolute Gasteiger partial charge is 0.274 e. The number of carbonyl (C=O) groups is 1. The van der Waals surface area contributed by atoms with E-state index in [1.807, 2.05) is 12.1 Å². The lowest BCUT2D eigenvalue weighted by Gasteiger charge is -2.04. The van der Waals surface area contributed by atoms with E-state index in [1.165, 1.54) is 0 Å². The first-order valence-corrected chi connectivity index (χ1v) is 6.96. The molecule has 7 heteroatoms. The van der Waals surface area contributed by atoms with Gasteiger partial charge < -0.3 is 5.32 Å². The van der Waals surface area contributed by atoms with Gasteiger partial charge in [-0.1, -0.05) is 45.4 Å². The van der Waals surface area contributed by atoms with Gasteiger partial charge in [0.1, 0.15) is 0 Å². The maximum Gasteiger partial charge on any atom is 0.274 e. The van der Waals surface area contributed by atoms with Crippen LogP contribution in [0.15, 0.2) is 35.3 Å². The highest BCUT2D eigenvalue weighted by atomic mass is 79.9. The van der Waals surface area contributed by atoms with Crippen molar-refractivity contribution in [2.24, 2.45) is 0 Å². The van der Waals surface area contributed by atoms with Crippen LogP contribution in [0.3, 0.4) is 0 Å². The van der Waals surface area contributed by atoms with E-state index in [2.05, 4.69) is 38.1 Å². The molecule has 0 unspecified atom stereocenters. The lowest BCUT2D eigenvalue weighted by molar-refractivity contribution is 0.0952. The number of nitrogens with zero attached hydrogens (tertiary/aromatic N) is 3. The van der Waals surface area contributed by atoms with E-state index < -0.39 is 0 Å². The van der Waals surface area contributed by atoms with Gasteiger partial charge in [-0.05, 0) is 25.1 Å². The quantitative estimate of drug-likeness (QED) is 0.917. The summed E-state index contributed by atoms with van der Waals surface area (Å²) in [5.41, 5.74) is 1.68. The molecule has 0 radical (unpaired) electrons. The first-order chi connectivity index (χ1) is 9.49. The van der Waals surface area contributed by atoms with Gasteiger partial charge in [-0.2, -0.15) is 0 Å². The fraction of sp³-hybridized carbons (Fsp3) is 0.154. The van der Waals surface area contributed by atoms with Crippen LogP contribution in [0.1, 0.15) is 16.2 Å². The second kappa shape index (κ2) is 6.19. The van der Waals surface area contributed by atoms with Crippen molar-refractivity contribution in [3.05, 3.63) is 51.7 Å². The van der Waals surface area contributed by atoms with Crippen LogP contribution in [0.25, 0.3) is 5.69 Å². The number of benzene rings is 1. The molecule has 2 aromatic rings. The summed E-state index contributed by atoms with van der Waals surface area (Å²) >= 11 is 9.12. The van der Waals surface area contributed by atoms with Crippen molar-refractivity contribution >= 4 is 33.4 Å². The predicted molar refractivity (Wildman–Crippen MR) is 81.5 cm³/mol. The van der Waals surface area contributed by atoms with E-state index in [1.54, 1.807) is 23.7 Å². The fourth-order valence-electron chi connectivity index (χ4n) is 1.65. The molecule has 2 rings (SSSR count). The first-order valence-electron chi connectivity index (χ1n) is 5.78. The molecule has 1 aromatic heterocycles. The Balaban J connectivity index is 2.27. The number of aromatic nitrogens is 3. The zero-order valence-corrected chi connectivity index (χ0v) is 13.1. The Morgan fingerprint density at radius 1 is 1.55 bits per heavy atom. The summed E-state index contributed by atoms with van der Waals surface area (Å²) in [4.78, 5) is 12.0. The Morgan fingerprint density at radius 3 is 2.95 bits per heavy atom. The summed E-state index contributed by atoms with van der Waals surface area (Å²) in [5.74, 6) is -0.295. The third-order valence-electron chi connectivity index (χ3n) is 2.60. The summed E-state index contributed by atoms with van der Waals surface area (Å²) in [6, 6.07) is 7.18. The minimum absolute atomic E-state index is 0.277. The van der Waals surface area contributed by atoms with Gasteiger partial charge in [0.15, 0.2) is 5.69 Å². The maximum absolute atomic E-state index is 12.0. The average molecular weight is 356 g/mol.